The molecule has 0 heterocycles. The van der Waals surface area contributed by atoms with Crippen molar-refractivity contribution in [1.82, 2.24) is 4.90 Å². The van der Waals surface area contributed by atoms with Gasteiger partial charge in [0.25, 0.3) is 0 Å². The maximum atomic E-state index is 13.3. The number of benzene rings is 1. The van der Waals surface area contributed by atoms with E-state index in [0.717, 1.165) is 19.3 Å². The van der Waals surface area contributed by atoms with Crippen LogP contribution >= 0.6 is 0 Å². The van der Waals surface area contributed by atoms with Crippen LogP contribution in [0.5, 0.6) is 5.75 Å². The van der Waals surface area contributed by atoms with Crippen molar-refractivity contribution in [1.29, 1.82) is 0 Å². The highest BCUT2D eigenvalue weighted by molar-refractivity contribution is 5.76. The summed E-state index contributed by atoms with van der Waals surface area (Å²) in [5.74, 6) is -0.302. The molecule has 0 aromatic heterocycles. The summed E-state index contributed by atoms with van der Waals surface area (Å²) in [6.45, 7) is 0.480. The minimum absolute atomic E-state index is 0.0313. The Morgan fingerprint density at radius 2 is 2.15 bits per heavy atom. The van der Waals surface area contributed by atoms with Crippen LogP contribution in [0, 0.1) is 5.82 Å². The first-order valence-corrected chi connectivity index (χ1v) is 7.00. The molecule has 1 aliphatic carbocycles. The third-order valence-corrected chi connectivity index (χ3v) is 3.59. The van der Waals surface area contributed by atoms with E-state index >= 15 is 0 Å². The number of ether oxygens (including phenoxy) is 1. The zero-order chi connectivity index (χ0) is 14.4. The normalized spacial score (nSPS) is 14.7. The molecule has 1 fully saturated rings. The number of rotatable bonds is 7. The predicted octanol–water partition coefficient (Wildman–Crippen LogP) is 1.97. The van der Waals surface area contributed by atoms with Crippen molar-refractivity contribution in [2.75, 3.05) is 19.8 Å². The van der Waals surface area contributed by atoms with Gasteiger partial charge in [0.15, 0.2) is 11.6 Å². The second kappa shape index (κ2) is 7.24. The summed E-state index contributed by atoms with van der Waals surface area (Å²) in [5, 5.41) is 9.02. The van der Waals surface area contributed by atoms with Gasteiger partial charge < -0.3 is 14.7 Å². The molecule has 0 unspecified atom stereocenters. The molecule has 0 radical (unpaired) electrons. The monoisotopic (exact) mass is 281 g/mol. The molecule has 1 aromatic carbocycles. The molecule has 1 N–H and O–H groups in total. The Labute approximate surface area is 118 Å². The minimum Gasteiger partial charge on any atom is -0.490 e. The summed E-state index contributed by atoms with van der Waals surface area (Å²) in [4.78, 5) is 13.8. The van der Waals surface area contributed by atoms with Crippen molar-refractivity contribution in [3.05, 3.63) is 30.1 Å². The number of hydrogen-bond donors (Lipinski definition) is 1. The summed E-state index contributed by atoms with van der Waals surface area (Å²) in [6, 6.07) is 6.39. The van der Waals surface area contributed by atoms with Crippen molar-refractivity contribution < 1.29 is 19.0 Å². The lowest BCUT2D eigenvalue weighted by Gasteiger charge is -2.37. The van der Waals surface area contributed by atoms with Gasteiger partial charge >= 0.3 is 0 Å². The fraction of sp³-hybridized carbons (Fsp3) is 0.533. The minimum atomic E-state index is -0.425. The Balaban J connectivity index is 1.80. The van der Waals surface area contributed by atoms with E-state index in [9.17, 15) is 9.18 Å². The molecule has 1 aromatic rings. The number of para-hydroxylation sites is 1. The Morgan fingerprint density at radius 3 is 2.75 bits per heavy atom. The Kier molecular flexibility index (Phi) is 5.35. The number of aliphatic hydroxyl groups excluding tert-OH is 1. The molecule has 4 nitrogen and oxygen atoms in total. The first-order chi connectivity index (χ1) is 9.72. The van der Waals surface area contributed by atoms with Crippen LogP contribution in [0.25, 0.3) is 0 Å². The van der Waals surface area contributed by atoms with E-state index in [1.165, 1.54) is 12.1 Å². The highest BCUT2D eigenvalue weighted by atomic mass is 19.1. The third kappa shape index (κ3) is 3.70. The van der Waals surface area contributed by atoms with Crippen LogP contribution < -0.4 is 4.74 Å². The van der Waals surface area contributed by atoms with Crippen molar-refractivity contribution in [2.24, 2.45) is 0 Å². The molecule has 0 bridgehead atoms. The van der Waals surface area contributed by atoms with Crippen molar-refractivity contribution in [3.63, 3.8) is 0 Å². The lowest BCUT2D eigenvalue weighted by atomic mass is 9.91. The van der Waals surface area contributed by atoms with Crippen LogP contribution in [-0.4, -0.2) is 41.7 Å². The smallest absolute Gasteiger partial charge is 0.226 e. The second-order valence-electron chi connectivity index (χ2n) is 4.92. The number of carbonyl (C=O) groups is 1. The molecule has 110 valence electrons. The van der Waals surface area contributed by atoms with Gasteiger partial charge in [-0.3, -0.25) is 4.79 Å². The van der Waals surface area contributed by atoms with Gasteiger partial charge in [0, 0.05) is 12.6 Å². The van der Waals surface area contributed by atoms with Gasteiger partial charge in [-0.25, -0.2) is 4.39 Å². The number of amides is 1. The average Bonchev–Trinajstić information content (AvgIpc) is 2.38. The van der Waals surface area contributed by atoms with Crippen molar-refractivity contribution >= 4 is 5.91 Å². The van der Waals surface area contributed by atoms with Gasteiger partial charge in [-0.05, 0) is 31.4 Å². The van der Waals surface area contributed by atoms with Gasteiger partial charge in [0.1, 0.15) is 0 Å². The van der Waals surface area contributed by atoms with Crippen LogP contribution in [-0.2, 0) is 4.79 Å². The summed E-state index contributed by atoms with van der Waals surface area (Å²) < 4.78 is 18.6. The van der Waals surface area contributed by atoms with E-state index < -0.39 is 5.82 Å². The van der Waals surface area contributed by atoms with E-state index in [4.69, 9.17) is 9.84 Å². The molecule has 0 spiro atoms. The lowest BCUT2D eigenvalue weighted by molar-refractivity contribution is -0.136. The van der Waals surface area contributed by atoms with E-state index in [1.807, 2.05) is 0 Å². The van der Waals surface area contributed by atoms with Crippen LogP contribution in [0.3, 0.4) is 0 Å². The Bertz CT molecular complexity index is 448. The van der Waals surface area contributed by atoms with Gasteiger partial charge in [-0.2, -0.15) is 0 Å². The number of carbonyl (C=O) groups excluding carboxylic acids is 1. The molecule has 1 amide bonds. The molecular weight excluding hydrogens is 261 g/mol. The van der Waals surface area contributed by atoms with Crippen LogP contribution in [0.1, 0.15) is 25.7 Å². The van der Waals surface area contributed by atoms with E-state index in [2.05, 4.69) is 0 Å². The number of aliphatic hydroxyl groups is 1. The highest BCUT2D eigenvalue weighted by Gasteiger charge is 2.27. The maximum Gasteiger partial charge on any atom is 0.226 e. The van der Waals surface area contributed by atoms with E-state index in [-0.39, 0.29) is 37.3 Å². The summed E-state index contributed by atoms with van der Waals surface area (Å²) in [6.07, 6.45) is 3.33. The van der Waals surface area contributed by atoms with Crippen LogP contribution in [0.4, 0.5) is 4.39 Å². The molecule has 1 saturated carbocycles. The molecule has 20 heavy (non-hydrogen) atoms. The largest absolute Gasteiger partial charge is 0.490 e. The van der Waals surface area contributed by atoms with Gasteiger partial charge in [-0.15, -0.1) is 0 Å². The SMILES string of the molecule is O=C(CCOc1ccccc1F)N(CCO)C1CCC1. The molecule has 5 heteroatoms. The van der Waals surface area contributed by atoms with Crippen molar-refractivity contribution in [2.45, 2.75) is 31.7 Å². The summed E-state index contributed by atoms with van der Waals surface area (Å²) in [5.41, 5.74) is 0. The van der Waals surface area contributed by atoms with Crippen LogP contribution in [0.2, 0.25) is 0 Å². The predicted molar refractivity (Wildman–Crippen MR) is 72.9 cm³/mol. The second-order valence-corrected chi connectivity index (χ2v) is 4.92. The summed E-state index contributed by atoms with van der Waals surface area (Å²) in [7, 11) is 0. The van der Waals surface area contributed by atoms with E-state index in [0.29, 0.717) is 6.54 Å². The highest BCUT2D eigenvalue weighted by Crippen LogP contribution is 2.25. The first kappa shape index (κ1) is 14.8. The Morgan fingerprint density at radius 1 is 1.40 bits per heavy atom. The molecule has 1 aliphatic rings. The van der Waals surface area contributed by atoms with Crippen LogP contribution in [0.15, 0.2) is 24.3 Å². The lowest BCUT2D eigenvalue weighted by Crippen LogP contribution is -2.46. The molecule has 0 atom stereocenters. The summed E-state index contributed by atoms with van der Waals surface area (Å²) >= 11 is 0. The molecular formula is C15H20FNO3. The number of halogens is 1. The van der Waals surface area contributed by atoms with E-state index in [1.54, 1.807) is 17.0 Å². The standard InChI is InChI=1S/C15H20FNO3/c16-13-6-1-2-7-14(13)20-11-8-15(19)17(9-10-18)12-4-3-5-12/h1-2,6-7,12,18H,3-5,8-11H2. The number of hydrogen-bond acceptors (Lipinski definition) is 3. The molecule has 2 rings (SSSR count). The zero-order valence-corrected chi connectivity index (χ0v) is 11.4. The molecule has 0 saturated heterocycles. The third-order valence-electron chi connectivity index (χ3n) is 3.59. The molecule has 0 aliphatic heterocycles. The van der Waals surface area contributed by atoms with Gasteiger partial charge in [0.05, 0.1) is 19.6 Å². The quantitative estimate of drug-likeness (QED) is 0.831. The zero-order valence-electron chi connectivity index (χ0n) is 11.4. The topological polar surface area (TPSA) is 49.8 Å². The van der Waals surface area contributed by atoms with Gasteiger partial charge in [-0.1, -0.05) is 12.1 Å². The van der Waals surface area contributed by atoms with Gasteiger partial charge in [0.2, 0.25) is 5.91 Å². The maximum absolute atomic E-state index is 13.3. The fourth-order valence-electron chi connectivity index (χ4n) is 2.27. The average molecular weight is 281 g/mol. The number of nitrogens with zero attached hydrogens (tertiary/aromatic N) is 1. The van der Waals surface area contributed by atoms with Crippen molar-refractivity contribution in [3.8, 4) is 5.75 Å². The first-order valence-electron chi connectivity index (χ1n) is 7.00. The fourth-order valence-corrected chi connectivity index (χ4v) is 2.27. The Hall–Kier alpha value is -1.62.